The summed E-state index contributed by atoms with van der Waals surface area (Å²) in [5.74, 6) is 0.744. The van der Waals surface area contributed by atoms with E-state index in [1.54, 1.807) is 0 Å². The number of benzene rings is 1. The molecule has 0 saturated carbocycles. The molecule has 0 saturated heterocycles. The van der Waals surface area contributed by atoms with Gasteiger partial charge in [-0.15, -0.1) is 0 Å². The monoisotopic (exact) mass is 258 g/mol. The van der Waals surface area contributed by atoms with Gasteiger partial charge in [-0.25, -0.2) is 13.1 Å². The Hall–Kier alpha value is -1.27. The van der Waals surface area contributed by atoms with Crippen LogP contribution in [0.5, 0.6) is 5.75 Å². The maximum absolute atomic E-state index is 11.6. The highest BCUT2D eigenvalue weighted by Crippen LogP contribution is 2.25. The standard InChI is InChI=1S/C11H18N2O3S/c1-8(2)7-16-11-6-9(4-5-10(11)12)17(14,15)13-3/h4-6,8,13H,7,12H2,1-3H3. The summed E-state index contributed by atoms with van der Waals surface area (Å²) in [6.45, 7) is 4.50. The molecule has 96 valence electrons. The predicted octanol–water partition coefficient (Wildman–Crippen LogP) is 1.21. The minimum atomic E-state index is -3.46. The summed E-state index contributed by atoms with van der Waals surface area (Å²) in [5, 5.41) is 0. The lowest BCUT2D eigenvalue weighted by Crippen LogP contribution is -2.18. The molecule has 1 rings (SSSR count). The van der Waals surface area contributed by atoms with Crippen molar-refractivity contribution in [2.45, 2.75) is 18.7 Å². The zero-order chi connectivity index (χ0) is 13.1. The normalized spacial score (nSPS) is 11.8. The molecule has 0 fully saturated rings. The van der Waals surface area contributed by atoms with Crippen LogP contribution in [0.2, 0.25) is 0 Å². The van der Waals surface area contributed by atoms with E-state index in [0.29, 0.717) is 24.0 Å². The van der Waals surface area contributed by atoms with Crippen LogP contribution in [0.3, 0.4) is 0 Å². The van der Waals surface area contributed by atoms with E-state index in [0.717, 1.165) is 0 Å². The number of nitrogen functional groups attached to an aromatic ring is 1. The van der Waals surface area contributed by atoms with Gasteiger partial charge in [0.25, 0.3) is 0 Å². The summed E-state index contributed by atoms with van der Waals surface area (Å²) in [6.07, 6.45) is 0. The van der Waals surface area contributed by atoms with Crippen molar-refractivity contribution in [3.8, 4) is 5.75 Å². The average molecular weight is 258 g/mol. The molecule has 0 aliphatic rings. The van der Waals surface area contributed by atoms with Gasteiger partial charge in [0.1, 0.15) is 5.75 Å². The second kappa shape index (κ2) is 5.37. The van der Waals surface area contributed by atoms with E-state index >= 15 is 0 Å². The topological polar surface area (TPSA) is 81.4 Å². The first-order valence-electron chi connectivity index (χ1n) is 5.32. The van der Waals surface area contributed by atoms with Crippen LogP contribution in [0.4, 0.5) is 5.69 Å². The van der Waals surface area contributed by atoms with E-state index in [-0.39, 0.29) is 4.90 Å². The van der Waals surface area contributed by atoms with Crippen molar-refractivity contribution in [3.05, 3.63) is 18.2 Å². The third kappa shape index (κ3) is 3.61. The van der Waals surface area contributed by atoms with Crippen molar-refractivity contribution in [2.24, 2.45) is 5.92 Å². The minimum Gasteiger partial charge on any atom is -0.491 e. The van der Waals surface area contributed by atoms with E-state index in [2.05, 4.69) is 4.72 Å². The third-order valence-electron chi connectivity index (χ3n) is 2.14. The second-order valence-corrected chi connectivity index (χ2v) is 6.00. The SMILES string of the molecule is CNS(=O)(=O)c1ccc(N)c(OCC(C)C)c1. The van der Waals surface area contributed by atoms with E-state index in [1.807, 2.05) is 13.8 Å². The molecule has 0 unspecified atom stereocenters. The van der Waals surface area contributed by atoms with Crippen molar-refractivity contribution in [1.29, 1.82) is 0 Å². The van der Waals surface area contributed by atoms with Gasteiger partial charge >= 0.3 is 0 Å². The fourth-order valence-electron chi connectivity index (χ4n) is 1.18. The predicted molar refractivity (Wildman–Crippen MR) is 67.4 cm³/mol. The molecule has 0 heterocycles. The van der Waals surface area contributed by atoms with Crippen molar-refractivity contribution in [3.63, 3.8) is 0 Å². The van der Waals surface area contributed by atoms with Crippen LogP contribution in [0, 0.1) is 5.92 Å². The Balaban J connectivity index is 3.03. The van der Waals surface area contributed by atoms with E-state index in [1.165, 1.54) is 25.2 Å². The molecular formula is C11H18N2O3S. The molecule has 1 aromatic carbocycles. The summed E-state index contributed by atoms with van der Waals surface area (Å²) >= 11 is 0. The summed E-state index contributed by atoms with van der Waals surface area (Å²) in [7, 11) is -2.10. The van der Waals surface area contributed by atoms with Crippen LogP contribution in [0.25, 0.3) is 0 Å². The molecule has 6 heteroatoms. The lowest BCUT2D eigenvalue weighted by Gasteiger charge is -2.12. The molecule has 3 N–H and O–H groups in total. The smallest absolute Gasteiger partial charge is 0.240 e. The van der Waals surface area contributed by atoms with Crippen LogP contribution in [0.15, 0.2) is 23.1 Å². The molecule has 0 aromatic heterocycles. The van der Waals surface area contributed by atoms with Gasteiger partial charge in [0.05, 0.1) is 17.2 Å². The first-order valence-corrected chi connectivity index (χ1v) is 6.81. The highest BCUT2D eigenvalue weighted by molar-refractivity contribution is 7.89. The molecule has 0 radical (unpaired) electrons. The Kier molecular flexibility index (Phi) is 4.36. The molecule has 5 nitrogen and oxygen atoms in total. The molecule has 17 heavy (non-hydrogen) atoms. The fraction of sp³-hybridized carbons (Fsp3) is 0.455. The summed E-state index contributed by atoms with van der Waals surface area (Å²) in [4.78, 5) is 0.146. The third-order valence-corrected chi connectivity index (χ3v) is 3.55. The highest BCUT2D eigenvalue weighted by Gasteiger charge is 2.13. The molecule has 1 aromatic rings. The lowest BCUT2D eigenvalue weighted by atomic mass is 10.2. The fourth-order valence-corrected chi connectivity index (χ4v) is 1.93. The van der Waals surface area contributed by atoms with Crippen LogP contribution in [-0.4, -0.2) is 22.1 Å². The van der Waals surface area contributed by atoms with Crippen LogP contribution in [-0.2, 0) is 10.0 Å². The van der Waals surface area contributed by atoms with E-state index in [4.69, 9.17) is 10.5 Å². The molecule has 0 aliphatic carbocycles. The molecule has 0 aliphatic heterocycles. The van der Waals surface area contributed by atoms with Crippen molar-refractivity contribution in [2.75, 3.05) is 19.4 Å². The Morgan fingerprint density at radius 2 is 2.06 bits per heavy atom. The van der Waals surface area contributed by atoms with Gasteiger partial charge in [0, 0.05) is 6.07 Å². The van der Waals surface area contributed by atoms with Gasteiger partial charge in [0.2, 0.25) is 10.0 Å². The van der Waals surface area contributed by atoms with Gasteiger partial charge in [0.15, 0.2) is 0 Å². The van der Waals surface area contributed by atoms with Gasteiger partial charge in [-0.05, 0) is 25.1 Å². The number of nitrogens with two attached hydrogens (primary N) is 1. The average Bonchev–Trinajstić information content (AvgIpc) is 2.27. The lowest BCUT2D eigenvalue weighted by molar-refractivity contribution is 0.272. The number of hydrogen-bond acceptors (Lipinski definition) is 4. The van der Waals surface area contributed by atoms with E-state index in [9.17, 15) is 8.42 Å². The van der Waals surface area contributed by atoms with Crippen molar-refractivity contribution < 1.29 is 13.2 Å². The van der Waals surface area contributed by atoms with E-state index < -0.39 is 10.0 Å². The quantitative estimate of drug-likeness (QED) is 0.778. The van der Waals surface area contributed by atoms with Gasteiger partial charge in [-0.2, -0.15) is 0 Å². The molecule has 0 bridgehead atoms. The maximum atomic E-state index is 11.6. The summed E-state index contributed by atoms with van der Waals surface area (Å²) in [6, 6.07) is 4.41. The zero-order valence-corrected chi connectivity index (χ0v) is 11.0. The molecule has 0 atom stereocenters. The zero-order valence-electron chi connectivity index (χ0n) is 10.2. The number of nitrogens with one attached hydrogen (secondary N) is 1. The number of sulfonamides is 1. The summed E-state index contributed by atoms with van der Waals surface area (Å²) < 4.78 is 30.9. The second-order valence-electron chi connectivity index (χ2n) is 4.11. The number of rotatable bonds is 5. The van der Waals surface area contributed by atoms with Crippen molar-refractivity contribution in [1.82, 2.24) is 4.72 Å². The van der Waals surface area contributed by atoms with Gasteiger partial charge in [-0.1, -0.05) is 13.8 Å². The Bertz CT molecular complexity index is 483. The van der Waals surface area contributed by atoms with Gasteiger partial charge in [-0.3, -0.25) is 0 Å². The van der Waals surface area contributed by atoms with Crippen LogP contribution < -0.4 is 15.2 Å². The first-order chi connectivity index (χ1) is 7.86. The maximum Gasteiger partial charge on any atom is 0.240 e. The van der Waals surface area contributed by atoms with Gasteiger partial charge < -0.3 is 10.5 Å². The van der Waals surface area contributed by atoms with Crippen LogP contribution in [0.1, 0.15) is 13.8 Å². The molecular weight excluding hydrogens is 240 g/mol. The molecule has 0 amide bonds. The Morgan fingerprint density at radius 3 is 2.59 bits per heavy atom. The Morgan fingerprint density at radius 1 is 1.41 bits per heavy atom. The Labute approximate surface area is 102 Å². The molecule has 0 spiro atoms. The largest absolute Gasteiger partial charge is 0.491 e. The van der Waals surface area contributed by atoms with Crippen LogP contribution >= 0.6 is 0 Å². The van der Waals surface area contributed by atoms with Crippen molar-refractivity contribution >= 4 is 15.7 Å². The summed E-state index contributed by atoms with van der Waals surface area (Å²) in [5.41, 5.74) is 6.15. The first kappa shape index (κ1) is 13.8. The number of ether oxygens (including phenoxy) is 1. The highest BCUT2D eigenvalue weighted by atomic mass is 32.2. The number of hydrogen-bond donors (Lipinski definition) is 2. The minimum absolute atomic E-state index is 0.146. The number of anilines is 1.